The Morgan fingerprint density at radius 3 is 2.55 bits per heavy atom. The molecule has 22 heavy (non-hydrogen) atoms. The number of ether oxygens (including phenoxy) is 1. The second-order valence-corrected chi connectivity index (χ2v) is 6.10. The summed E-state index contributed by atoms with van der Waals surface area (Å²) in [4.78, 5) is 26.0. The monoisotopic (exact) mass is 325 g/mol. The van der Waals surface area contributed by atoms with Crippen molar-refractivity contribution in [3.8, 4) is 5.75 Å². The van der Waals surface area contributed by atoms with Crippen molar-refractivity contribution in [3.05, 3.63) is 28.8 Å². The Balaban J connectivity index is 1.97. The topological polar surface area (TPSA) is 66.8 Å². The van der Waals surface area contributed by atoms with Gasteiger partial charge in [0.05, 0.1) is 0 Å². The molecule has 1 fully saturated rings. The molecule has 0 spiro atoms. The van der Waals surface area contributed by atoms with Crippen molar-refractivity contribution in [3.63, 3.8) is 0 Å². The first kappa shape index (κ1) is 16.6. The van der Waals surface area contributed by atoms with Crippen LogP contribution in [-0.2, 0) is 9.53 Å². The molecule has 0 aromatic heterocycles. The van der Waals surface area contributed by atoms with Crippen LogP contribution in [0.3, 0.4) is 0 Å². The number of halogens is 1. The van der Waals surface area contributed by atoms with Crippen LogP contribution in [0.15, 0.2) is 18.2 Å². The smallest absolute Gasteiger partial charge is 0.342 e. The highest BCUT2D eigenvalue weighted by Crippen LogP contribution is 2.24. The fourth-order valence-corrected chi connectivity index (χ4v) is 3.04. The van der Waals surface area contributed by atoms with Gasteiger partial charge in [-0.2, -0.15) is 0 Å². The normalized spacial score (nSPS) is 21.5. The van der Waals surface area contributed by atoms with Gasteiger partial charge in [0, 0.05) is 17.1 Å². The molecule has 6 heteroatoms. The predicted octanol–water partition coefficient (Wildman–Crippen LogP) is 2.99. The summed E-state index contributed by atoms with van der Waals surface area (Å²) in [5, 5.41) is 10.00. The van der Waals surface area contributed by atoms with Crippen LogP contribution < -0.4 is 0 Å². The number of piperidine rings is 1. The average molecular weight is 326 g/mol. The van der Waals surface area contributed by atoms with E-state index in [4.69, 9.17) is 16.3 Å². The molecule has 1 amide bonds. The first-order valence-corrected chi connectivity index (χ1v) is 7.74. The van der Waals surface area contributed by atoms with E-state index in [1.54, 1.807) is 4.90 Å². The minimum atomic E-state index is -0.736. The Kier molecular flexibility index (Phi) is 5.29. The van der Waals surface area contributed by atoms with E-state index >= 15 is 0 Å². The number of rotatable bonds is 3. The van der Waals surface area contributed by atoms with Gasteiger partial charge in [0.25, 0.3) is 5.91 Å². The zero-order valence-electron chi connectivity index (χ0n) is 12.7. The van der Waals surface area contributed by atoms with E-state index in [0.717, 1.165) is 19.3 Å². The molecule has 0 bridgehead atoms. The highest BCUT2D eigenvalue weighted by molar-refractivity contribution is 6.30. The van der Waals surface area contributed by atoms with Crippen LogP contribution in [0.1, 0.15) is 43.5 Å². The van der Waals surface area contributed by atoms with Crippen LogP contribution in [-0.4, -0.2) is 40.6 Å². The van der Waals surface area contributed by atoms with E-state index in [1.165, 1.54) is 18.2 Å². The van der Waals surface area contributed by atoms with Crippen LogP contribution in [0.5, 0.6) is 5.75 Å². The summed E-state index contributed by atoms with van der Waals surface area (Å²) >= 11 is 5.71. The lowest BCUT2D eigenvalue weighted by atomic mass is 9.97. The zero-order chi connectivity index (χ0) is 16.3. The Morgan fingerprint density at radius 1 is 1.32 bits per heavy atom. The number of phenols is 1. The van der Waals surface area contributed by atoms with Gasteiger partial charge >= 0.3 is 5.97 Å². The Morgan fingerprint density at radius 2 is 1.95 bits per heavy atom. The van der Waals surface area contributed by atoms with Gasteiger partial charge in [0.15, 0.2) is 6.61 Å². The van der Waals surface area contributed by atoms with E-state index < -0.39 is 5.97 Å². The number of hydrogen-bond donors (Lipinski definition) is 1. The molecule has 2 rings (SSSR count). The van der Waals surface area contributed by atoms with Gasteiger partial charge in [-0.15, -0.1) is 0 Å². The van der Waals surface area contributed by atoms with Crippen LogP contribution in [0.25, 0.3) is 0 Å². The summed E-state index contributed by atoms with van der Waals surface area (Å²) in [7, 11) is 0. The minimum absolute atomic E-state index is 0.00283. The van der Waals surface area contributed by atoms with Gasteiger partial charge in [-0.05, 0) is 51.3 Å². The number of esters is 1. The molecule has 0 unspecified atom stereocenters. The van der Waals surface area contributed by atoms with Crippen LogP contribution in [0.2, 0.25) is 5.02 Å². The van der Waals surface area contributed by atoms with Gasteiger partial charge in [-0.1, -0.05) is 11.6 Å². The number of phenolic OH excluding ortho intramolecular Hbond substituents is 1. The molecule has 1 heterocycles. The Hall–Kier alpha value is -1.75. The first-order chi connectivity index (χ1) is 10.4. The summed E-state index contributed by atoms with van der Waals surface area (Å²) in [5.41, 5.74) is -0.00283. The number of nitrogens with zero attached hydrogens (tertiary/aromatic N) is 1. The highest BCUT2D eigenvalue weighted by atomic mass is 35.5. The molecule has 120 valence electrons. The molecule has 2 atom stereocenters. The van der Waals surface area contributed by atoms with E-state index in [-0.39, 0.29) is 35.9 Å². The number of carbonyl (C=O) groups excluding carboxylic acids is 2. The molecule has 1 saturated heterocycles. The minimum Gasteiger partial charge on any atom is -0.507 e. The van der Waals surface area contributed by atoms with Gasteiger partial charge in [-0.3, -0.25) is 4.79 Å². The Labute approximate surface area is 134 Å². The Bertz CT molecular complexity index is 565. The highest BCUT2D eigenvalue weighted by Gasteiger charge is 2.29. The van der Waals surface area contributed by atoms with Gasteiger partial charge < -0.3 is 14.7 Å². The summed E-state index contributed by atoms with van der Waals surface area (Å²) < 4.78 is 5.03. The SMILES string of the molecule is C[C@@H]1CCC[C@H](C)N1C(=O)COC(=O)c1ccc(Cl)cc1O. The molecule has 1 aromatic carbocycles. The van der Waals surface area contributed by atoms with Crippen molar-refractivity contribution in [2.45, 2.75) is 45.2 Å². The lowest BCUT2D eigenvalue weighted by Gasteiger charge is -2.38. The summed E-state index contributed by atoms with van der Waals surface area (Å²) in [6.07, 6.45) is 3.02. The maximum absolute atomic E-state index is 12.3. The number of benzene rings is 1. The van der Waals surface area contributed by atoms with Crippen LogP contribution >= 0.6 is 11.6 Å². The molecule has 1 aromatic rings. The van der Waals surface area contributed by atoms with Crippen LogP contribution in [0, 0.1) is 0 Å². The molecular weight excluding hydrogens is 306 g/mol. The summed E-state index contributed by atoms with van der Waals surface area (Å²) in [5.74, 6) is -1.20. The molecular formula is C16H20ClNO4. The van der Waals surface area contributed by atoms with Gasteiger partial charge in [0.1, 0.15) is 11.3 Å². The van der Waals surface area contributed by atoms with E-state index in [0.29, 0.717) is 5.02 Å². The van der Waals surface area contributed by atoms with Crippen molar-refractivity contribution < 1.29 is 19.4 Å². The largest absolute Gasteiger partial charge is 0.507 e. The molecule has 0 saturated carbocycles. The second kappa shape index (κ2) is 7.01. The van der Waals surface area contributed by atoms with Crippen LogP contribution in [0.4, 0.5) is 0 Å². The van der Waals surface area contributed by atoms with Crippen molar-refractivity contribution in [1.29, 1.82) is 0 Å². The summed E-state index contributed by atoms with van der Waals surface area (Å²) in [6.45, 7) is 3.68. The third-order valence-electron chi connectivity index (χ3n) is 3.99. The molecule has 0 aliphatic carbocycles. The van der Waals surface area contributed by atoms with Crippen molar-refractivity contribution in [1.82, 2.24) is 4.90 Å². The third-order valence-corrected chi connectivity index (χ3v) is 4.22. The molecule has 1 aliphatic heterocycles. The van der Waals surface area contributed by atoms with Crippen molar-refractivity contribution >= 4 is 23.5 Å². The first-order valence-electron chi connectivity index (χ1n) is 7.37. The number of hydrogen-bond acceptors (Lipinski definition) is 4. The molecule has 1 N–H and O–H groups in total. The maximum Gasteiger partial charge on any atom is 0.342 e. The van der Waals surface area contributed by atoms with Crippen molar-refractivity contribution in [2.24, 2.45) is 0 Å². The number of carbonyl (C=O) groups is 2. The zero-order valence-corrected chi connectivity index (χ0v) is 13.5. The number of aromatic hydroxyl groups is 1. The van der Waals surface area contributed by atoms with Gasteiger partial charge in [-0.25, -0.2) is 4.79 Å². The molecule has 0 radical (unpaired) electrons. The third kappa shape index (κ3) is 3.71. The average Bonchev–Trinajstić information content (AvgIpc) is 2.44. The fraction of sp³-hybridized carbons (Fsp3) is 0.500. The van der Waals surface area contributed by atoms with E-state index in [2.05, 4.69) is 0 Å². The number of likely N-dealkylation sites (tertiary alicyclic amines) is 1. The second-order valence-electron chi connectivity index (χ2n) is 5.67. The van der Waals surface area contributed by atoms with E-state index in [1.807, 2.05) is 13.8 Å². The van der Waals surface area contributed by atoms with Gasteiger partial charge in [0.2, 0.25) is 0 Å². The standard InChI is InChI=1S/C16H20ClNO4/c1-10-4-3-5-11(2)18(10)15(20)9-22-16(21)13-7-6-12(17)8-14(13)19/h6-8,10-11,19H,3-5,9H2,1-2H3/t10-,11+. The summed E-state index contributed by atoms with van der Waals surface area (Å²) in [6, 6.07) is 4.41. The van der Waals surface area contributed by atoms with E-state index in [9.17, 15) is 14.7 Å². The quantitative estimate of drug-likeness (QED) is 0.868. The van der Waals surface area contributed by atoms with Crippen molar-refractivity contribution in [2.75, 3.05) is 6.61 Å². The molecule has 5 nitrogen and oxygen atoms in total. The lowest BCUT2D eigenvalue weighted by Crippen LogP contribution is -2.49. The fourth-order valence-electron chi connectivity index (χ4n) is 2.87. The maximum atomic E-state index is 12.3. The lowest BCUT2D eigenvalue weighted by molar-refractivity contribution is -0.140. The number of amides is 1. The molecule has 1 aliphatic rings. The predicted molar refractivity (Wildman–Crippen MR) is 83.0 cm³/mol.